The van der Waals surface area contributed by atoms with Gasteiger partial charge in [-0.1, -0.05) is 30.3 Å². The molecule has 25 heavy (non-hydrogen) atoms. The summed E-state index contributed by atoms with van der Waals surface area (Å²) in [6.07, 6.45) is 2.13. The van der Waals surface area contributed by atoms with E-state index in [1.807, 2.05) is 18.2 Å². The van der Waals surface area contributed by atoms with Gasteiger partial charge in [0.05, 0.1) is 6.42 Å². The highest BCUT2D eigenvalue weighted by Gasteiger charge is 2.23. The van der Waals surface area contributed by atoms with E-state index in [2.05, 4.69) is 17.4 Å². The molecule has 1 fully saturated rings. The van der Waals surface area contributed by atoms with E-state index in [1.165, 1.54) is 5.56 Å². The number of hydrogen-bond acceptors (Lipinski definition) is 3. The zero-order valence-corrected chi connectivity index (χ0v) is 14.3. The Morgan fingerprint density at radius 2 is 1.60 bits per heavy atom. The van der Waals surface area contributed by atoms with Gasteiger partial charge in [-0.05, 0) is 18.4 Å². The van der Waals surface area contributed by atoms with Crippen molar-refractivity contribution in [3.8, 4) is 0 Å². The molecular formula is C18H25N3O4. The van der Waals surface area contributed by atoms with Crippen LogP contribution in [0.4, 0.5) is 4.79 Å². The molecule has 0 unspecified atom stereocenters. The Balaban J connectivity index is 1.64. The molecule has 1 aromatic carbocycles. The van der Waals surface area contributed by atoms with Crippen LogP contribution in [0.15, 0.2) is 30.3 Å². The minimum atomic E-state index is -0.939. The largest absolute Gasteiger partial charge is 0.481 e. The van der Waals surface area contributed by atoms with Gasteiger partial charge in [0.2, 0.25) is 5.91 Å². The van der Waals surface area contributed by atoms with Crippen LogP contribution in [0.2, 0.25) is 0 Å². The number of benzene rings is 1. The highest BCUT2D eigenvalue weighted by molar-refractivity contribution is 5.78. The van der Waals surface area contributed by atoms with E-state index in [-0.39, 0.29) is 24.9 Å². The van der Waals surface area contributed by atoms with Crippen molar-refractivity contribution in [2.75, 3.05) is 32.7 Å². The van der Waals surface area contributed by atoms with Crippen molar-refractivity contribution >= 4 is 17.9 Å². The molecule has 0 radical (unpaired) electrons. The monoisotopic (exact) mass is 347 g/mol. The Bertz CT molecular complexity index is 583. The summed E-state index contributed by atoms with van der Waals surface area (Å²) in [7, 11) is 0. The fourth-order valence-corrected chi connectivity index (χ4v) is 2.79. The molecule has 2 rings (SSSR count). The lowest BCUT2D eigenvalue weighted by molar-refractivity contribution is -0.137. The maximum atomic E-state index is 12.3. The van der Waals surface area contributed by atoms with Crippen LogP contribution in [0.5, 0.6) is 0 Å². The first-order valence-corrected chi connectivity index (χ1v) is 8.62. The second kappa shape index (κ2) is 9.66. The van der Waals surface area contributed by atoms with E-state index >= 15 is 0 Å². The average molecular weight is 347 g/mol. The molecule has 1 heterocycles. The lowest BCUT2D eigenvalue weighted by Gasteiger charge is -2.34. The predicted octanol–water partition coefficient (Wildman–Crippen LogP) is 1.34. The van der Waals surface area contributed by atoms with E-state index in [9.17, 15) is 14.4 Å². The number of aryl methyl sites for hydroxylation is 1. The smallest absolute Gasteiger partial charge is 0.317 e. The SMILES string of the molecule is O=C(O)CCNC(=O)N1CCN(C(=O)CCCc2ccccc2)CC1. The van der Waals surface area contributed by atoms with Crippen LogP contribution in [-0.2, 0) is 16.0 Å². The molecule has 7 heteroatoms. The van der Waals surface area contributed by atoms with Crippen LogP contribution in [0.1, 0.15) is 24.8 Å². The molecule has 1 aromatic rings. The van der Waals surface area contributed by atoms with Gasteiger partial charge in [-0.25, -0.2) is 4.79 Å². The van der Waals surface area contributed by atoms with Crippen LogP contribution < -0.4 is 5.32 Å². The minimum Gasteiger partial charge on any atom is -0.481 e. The van der Waals surface area contributed by atoms with Crippen molar-refractivity contribution in [2.45, 2.75) is 25.7 Å². The molecule has 0 bridgehead atoms. The van der Waals surface area contributed by atoms with Gasteiger partial charge < -0.3 is 20.2 Å². The van der Waals surface area contributed by atoms with Gasteiger partial charge in [0, 0.05) is 39.1 Å². The first-order chi connectivity index (χ1) is 12.1. The number of amides is 3. The summed E-state index contributed by atoms with van der Waals surface area (Å²) in [5, 5.41) is 11.1. The number of nitrogens with zero attached hydrogens (tertiary/aromatic N) is 2. The maximum Gasteiger partial charge on any atom is 0.317 e. The number of aliphatic carboxylic acids is 1. The molecule has 1 saturated heterocycles. The number of carbonyl (C=O) groups is 3. The molecule has 1 aliphatic rings. The van der Waals surface area contributed by atoms with Crippen LogP contribution in [0, 0.1) is 0 Å². The van der Waals surface area contributed by atoms with Gasteiger partial charge in [-0.2, -0.15) is 0 Å². The maximum absolute atomic E-state index is 12.3. The van der Waals surface area contributed by atoms with Crippen molar-refractivity contribution < 1.29 is 19.5 Å². The molecule has 2 N–H and O–H groups in total. The molecule has 7 nitrogen and oxygen atoms in total. The second-order valence-corrected chi connectivity index (χ2v) is 6.08. The van der Waals surface area contributed by atoms with Crippen LogP contribution in [0.25, 0.3) is 0 Å². The van der Waals surface area contributed by atoms with Crippen molar-refractivity contribution in [2.24, 2.45) is 0 Å². The number of carboxylic acid groups (broad SMARTS) is 1. The molecular weight excluding hydrogens is 322 g/mol. The standard InChI is InChI=1S/C18H25N3O4/c22-16(8-4-7-15-5-2-1-3-6-15)20-11-13-21(14-12-20)18(25)19-10-9-17(23)24/h1-3,5-6H,4,7-14H2,(H,19,25)(H,23,24). The van der Waals surface area contributed by atoms with Gasteiger partial charge in [-0.15, -0.1) is 0 Å². The van der Waals surface area contributed by atoms with Gasteiger partial charge >= 0.3 is 12.0 Å². The fraction of sp³-hybridized carbons (Fsp3) is 0.500. The number of rotatable bonds is 7. The summed E-state index contributed by atoms with van der Waals surface area (Å²) in [6, 6.07) is 9.83. The third-order valence-corrected chi connectivity index (χ3v) is 4.23. The summed E-state index contributed by atoms with van der Waals surface area (Å²) in [5.74, 6) is -0.812. The molecule has 0 saturated carbocycles. The highest BCUT2D eigenvalue weighted by Crippen LogP contribution is 2.09. The molecule has 0 atom stereocenters. The quantitative estimate of drug-likeness (QED) is 0.779. The van der Waals surface area contributed by atoms with Crippen LogP contribution in [-0.4, -0.2) is 65.5 Å². The van der Waals surface area contributed by atoms with E-state index in [0.717, 1.165) is 12.8 Å². The van der Waals surface area contributed by atoms with Crippen molar-refractivity contribution in [3.05, 3.63) is 35.9 Å². The third kappa shape index (κ3) is 6.45. The zero-order chi connectivity index (χ0) is 18.1. The number of carbonyl (C=O) groups excluding carboxylic acids is 2. The van der Waals surface area contributed by atoms with Gasteiger partial charge in [-0.3, -0.25) is 9.59 Å². The molecule has 0 aromatic heterocycles. The molecule has 1 aliphatic heterocycles. The Kier molecular flexibility index (Phi) is 7.25. The minimum absolute atomic E-state index is 0.0917. The van der Waals surface area contributed by atoms with Gasteiger partial charge in [0.15, 0.2) is 0 Å². The second-order valence-electron chi connectivity index (χ2n) is 6.08. The van der Waals surface area contributed by atoms with E-state index in [0.29, 0.717) is 32.6 Å². The predicted molar refractivity (Wildman–Crippen MR) is 93.2 cm³/mol. The summed E-state index contributed by atoms with van der Waals surface area (Å²) in [6.45, 7) is 2.12. The molecule has 3 amide bonds. The first kappa shape index (κ1) is 18.8. The Morgan fingerprint density at radius 3 is 2.24 bits per heavy atom. The first-order valence-electron chi connectivity index (χ1n) is 8.62. The lowest BCUT2D eigenvalue weighted by atomic mass is 10.1. The Hall–Kier alpha value is -2.57. The van der Waals surface area contributed by atoms with E-state index in [1.54, 1.807) is 9.80 Å². The number of nitrogens with one attached hydrogen (secondary N) is 1. The van der Waals surface area contributed by atoms with Crippen molar-refractivity contribution in [1.82, 2.24) is 15.1 Å². The summed E-state index contributed by atoms with van der Waals surface area (Å²) in [5.41, 5.74) is 1.23. The van der Waals surface area contributed by atoms with Crippen molar-refractivity contribution in [3.63, 3.8) is 0 Å². The van der Waals surface area contributed by atoms with Crippen LogP contribution in [0.3, 0.4) is 0 Å². The lowest BCUT2D eigenvalue weighted by Crippen LogP contribution is -2.53. The summed E-state index contributed by atoms with van der Waals surface area (Å²) in [4.78, 5) is 38.0. The fourth-order valence-electron chi connectivity index (χ4n) is 2.79. The zero-order valence-electron chi connectivity index (χ0n) is 14.3. The Labute approximate surface area is 147 Å². The third-order valence-electron chi connectivity index (χ3n) is 4.23. The number of hydrogen-bond donors (Lipinski definition) is 2. The number of carboxylic acids is 1. The molecule has 0 aliphatic carbocycles. The van der Waals surface area contributed by atoms with Crippen LogP contribution >= 0.6 is 0 Å². The van der Waals surface area contributed by atoms with E-state index < -0.39 is 5.97 Å². The van der Waals surface area contributed by atoms with Gasteiger partial charge in [0.1, 0.15) is 0 Å². The Morgan fingerprint density at radius 1 is 0.960 bits per heavy atom. The summed E-state index contributed by atoms with van der Waals surface area (Å²) < 4.78 is 0. The average Bonchev–Trinajstić information content (AvgIpc) is 2.62. The molecule has 0 spiro atoms. The normalized spacial score (nSPS) is 14.2. The summed E-state index contributed by atoms with van der Waals surface area (Å²) >= 11 is 0. The van der Waals surface area contributed by atoms with Crippen molar-refractivity contribution in [1.29, 1.82) is 0 Å². The number of urea groups is 1. The van der Waals surface area contributed by atoms with E-state index in [4.69, 9.17) is 5.11 Å². The number of piperazine rings is 1. The highest BCUT2D eigenvalue weighted by atomic mass is 16.4. The van der Waals surface area contributed by atoms with Gasteiger partial charge in [0.25, 0.3) is 0 Å². The topological polar surface area (TPSA) is 89.9 Å². The molecule has 136 valence electrons.